The fraction of sp³-hybridized carbons (Fsp3) is 1.00. The Kier molecular flexibility index (Phi) is 9.42. The summed E-state index contributed by atoms with van der Waals surface area (Å²) in [4.78, 5) is 2.45. The molecule has 0 heterocycles. The lowest BCUT2D eigenvalue weighted by atomic mass is 10.2. The van der Waals surface area contributed by atoms with Gasteiger partial charge in [-0.15, -0.1) is 0 Å². The zero-order valence-electron chi connectivity index (χ0n) is 10.5. The Balaban J connectivity index is 3.25. The largest absolute Gasteiger partial charge is 0.315 e. The molecule has 1 atom stereocenters. The summed E-state index contributed by atoms with van der Waals surface area (Å²) < 4.78 is 0. The predicted molar refractivity (Wildman–Crippen MR) is 64.8 cm³/mol. The maximum atomic E-state index is 3.44. The van der Waals surface area contributed by atoms with Gasteiger partial charge in [0.1, 0.15) is 0 Å². The van der Waals surface area contributed by atoms with E-state index in [1.165, 1.54) is 38.8 Å². The van der Waals surface area contributed by atoms with E-state index in [4.69, 9.17) is 0 Å². The molecule has 0 radical (unpaired) electrons. The Bertz CT molecular complexity index is 115. The van der Waals surface area contributed by atoms with Crippen LogP contribution < -0.4 is 5.32 Å². The van der Waals surface area contributed by atoms with Crippen LogP contribution in [0.5, 0.6) is 0 Å². The van der Waals surface area contributed by atoms with Crippen LogP contribution in [-0.2, 0) is 0 Å². The first-order valence-electron chi connectivity index (χ1n) is 6.12. The standard InChI is InChI=1S/C12H28N2/c1-5-7-10-14(4)11-8-9-12(3)13-6-2/h12-13H,5-11H2,1-4H3. The molecule has 0 aliphatic rings. The van der Waals surface area contributed by atoms with Gasteiger partial charge in [-0.1, -0.05) is 20.3 Å². The lowest BCUT2D eigenvalue weighted by Gasteiger charge is -2.17. The first kappa shape index (κ1) is 13.9. The van der Waals surface area contributed by atoms with Crippen molar-refractivity contribution in [3.63, 3.8) is 0 Å². The average molecular weight is 200 g/mol. The molecule has 0 aromatic carbocycles. The van der Waals surface area contributed by atoms with E-state index >= 15 is 0 Å². The molecule has 14 heavy (non-hydrogen) atoms. The number of nitrogens with one attached hydrogen (secondary N) is 1. The van der Waals surface area contributed by atoms with Crippen molar-refractivity contribution in [2.75, 3.05) is 26.7 Å². The number of hydrogen-bond acceptors (Lipinski definition) is 2. The second-order valence-corrected chi connectivity index (χ2v) is 4.26. The average Bonchev–Trinajstić information content (AvgIpc) is 2.15. The van der Waals surface area contributed by atoms with Crippen LogP contribution in [0.2, 0.25) is 0 Å². The molecule has 0 fully saturated rings. The molecule has 0 saturated carbocycles. The first-order valence-corrected chi connectivity index (χ1v) is 6.12. The Morgan fingerprint density at radius 3 is 2.36 bits per heavy atom. The fourth-order valence-corrected chi connectivity index (χ4v) is 1.66. The highest BCUT2D eigenvalue weighted by atomic mass is 15.1. The maximum Gasteiger partial charge on any atom is 0.00390 e. The topological polar surface area (TPSA) is 15.3 Å². The first-order chi connectivity index (χ1) is 6.70. The van der Waals surface area contributed by atoms with Gasteiger partial charge in [0.15, 0.2) is 0 Å². The third-order valence-electron chi connectivity index (χ3n) is 2.62. The highest BCUT2D eigenvalue weighted by molar-refractivity contribution is 4.60. The van der Waals surface area contributed by atoms with Gasteiger partial charge in [0.2, 0.25) is 0 Å². The zero-order chi connectivity index (χ0) is 10.8. The van der Waals surface area contributed by atoms with Crippen molar-refractivity contribution < 1.29 is 0 Å². The second-order valence-electron chi connectivity index (χ2n) is 4.26. The van der Waals surface area contributed by atoms with Crippen molar-refractivity contribution in [2.24, 2.45) is 0 Å². The molecular formula is C12H28N2. The molecule has 0 aromatic heterocycles. The third-order valence-corrected chi connectivity index (χ3v) is 2.62. The minimum atomic E-state index is 0.680. The molecule has 1 unspecified atom stereocenters. The van der Waals surface area contributed by atoms with Crippen molar-refractivity contribution in [2.45, 2.75) is 52.5 Å². The van der Waals surface area contributed by atoms with E-state index in [2.05, 4.69) is 38.0 Å². The van der Waals surface area contributed by atoms with Crippen molar-refractivity contribution >= 4 is 0 Å². The van der Waals surface area contributed by atoms with Gasteiger partial charge < -0.3 is 10.2 Å². The van der Waals surface area contributed by atoms with Crippen molar-refractivity contribution in [1.29, 1.82) is 0 Å². The molecule has 86 valence electrons. The number of nitrogens with zero attached hydrogens (tertiary/aromatic N) is 1. The van der Waals surface area contributed by atoms with Crippen LogP contribution in [0, 0.1) is 0 Å². The Morgan fingerprint density at radius 1 is 1.14 bits per heavy atom. The fourth-order valence-electron chi connectivity index (χ4n) is 1.66. The van der Waals surface area contributed by atoms with Crippen LogP contribution in [0.4, 0.5) is 0 Å². The van der Waals surface area contributed by atoms with E-state index < -0.39 is 0 Å². The van der Waals surface area contributed by atoms with Crippen molar-refractivity contribution in [3.05, 3.63) is 0 Å². The van der Waals surface area contributed by atoms with Gasteiger partial charge in [0.25, 0.3) is 0 Å². The quantitative estimate of drug-likeness (QED) is 0.615. The third kappa shape index (κ3) is 8.52. The smallest absolute Gasteiger partial charge is 0.00390 e. The minimum Gasteiger partial charge on any atom is -0.315 e. The van der Waals surface area contributed by atoms with Gasteiger partial charge in [-0.05, 0) is 52.9 Å². The monoisotopic (exact) mass is 200 g/mol. The Labute approximate surface area is 90.1 Å². The molecule has 2 nitrogen and oxygen atoms in total. The van der Waals surface area contributed by atoms with E-state index in [1.807, 2.05) is 0 Å². The van der Waals surface area contributed by atoms with Crippen LogP contribution in [-0.4, -0.2) is 37.6 Å². The highest BCUT2D eigenvalue weighted by Gasteiger charge is 2.01. The van der Waals surface area contributed by atoms with Crippen molar-refractivity contribution in [1.82, 2.24) is 10.2 Å². The molecule has 0 rings (SSSR count). The normalized spacial score (nSPS) is 13.5. The summed E-state index contributed by atoms with van der Waals surface area (Å²) in [5.74, 6) is 0. The second kappa shape index (κ2) is 9.47. The zero-order valence-corrected chi connectivity index (χ0v) is 10.5. The molecule has 2 heteroatoms. The minimum absolute atomic E-state index is 0.680. The molecule has 0 spiro atoms. The van der Waals surface area contributed by atoms with E-state index in [9.17, 15) is 0 Å². The van der Waals surface area contributed by atoms with E-state index in [-0.39, 0.29) is 0 Å². The van der Waals surface area contributed by atoms with Crippen LogP contribution in [0.1, 0.15) is 46.5 Å². The summed E-state index contributed by atoms with van der Waals surface area (Å²) >= 11 is 0. The summed E-state index contributed by atoms with van der Waals surface area (Å²) in [6.07, 6.45) is 5.25. The van der Waals surface area contributed by atoms with Gasteiger partial charge in [-0.2, -0.15) is 0 Å². The van der Waals surface area contributed by atoms with Crippen LogP contribution in [0.3, 0.4) is 0 Å². The van der Waals surface area contributed by atoms with Crippen LogP contribution in [0.15, 0.2) is 0 Å². The molecule has 0 saturated heterocycles. The highest BCUT2D eigenvalue weighted by Crippen LogP contribution is 1.99. The number of hydrogen-bond donors (Lipinski definition) is 1. The summed E-state index contributed by atoms with van der Waals surface area (Å²) in [6.45, 7) is 10.3. The van der Waals surface area contributed by atoms with Crippen molar-refractivity contribution in [3.8, 4) is 0 Å². The summed E-state index contributed by atoms with van der Waals surface area (Å²) in [6, 6.07) is 0.680. The van der Waals surface area contributed by atoms with E-state index in [0.29, 0.717) is 6.04 Å². The van der Waals surface area contributed by atoms with Gasteiger partial charge in [-0.3, -0.25) is 0 Å². The maximum absolute atomic E-state index is 3.44. The van der Waals surface area contributed by atoms with E-state index in [0.717, 1.165) is 6.54 Å². The number of rotatable bonds is 9. The van der Waals surface area contributed by atoms with Crippen LogP contribution >= 0.6 is 0 Å². The lowest BCUT2D eigenvalue weighted by molar-refractivity contribution is 0.313. The molecule has 0 aromatic rings. The molecule has 0 bridgehead atoms. The summed E-state index contributed by atoms with van der Waals surface area (Å²) in [5, 5.41) is 3.44. The number of unbranched alkanes of at least 4 members (excludes halogenated alkanes) is 1. The lowest BCUT2D eigenvalue weighted by Crippen LogP contribution is -2.27. The molecule has 0 aliphatic carbocycles. The molecule has 0 amide bonds. The SMILES string of the molecule is CCCCN(C)CCCC(C)NCC. The summed E-state index contributed by atoms with van der Waals surface area (Å²) in [5.41, 5.74) is 0. The van der Waals surface area contributed by atoms with Crippen LogP contribution in [0.25, 0.3) is 0 Å². The van der Waals surface area contributed by atoms with Gasteiger partial charge in [0.05, 0.1) is 0 Å². The molecular weight excluding hydrogens is 172 g/mol. The van der Waals surface area contributed by atoms with Gasteiger partial charge in [0, 0.05) is 6.04 Å². The summed E-state index contributed by atoms with van der Waals surface area (Å²) in [7, 11) is 2.23. The molecule has 0 aliphatic heterocycles. The van der Waals surface area contributed by atoms with Gasteiger partial charge >= 0.3 is 0 Å². The van der Waals surface area contributed by atoms with E-state index in [1.54, 1.807) is 0 Å². The Morgan fingerprint density at radius 2 is 1.79 bits per heavy atom. The Hall–Kier alpha value is -0.0800. The predicted octanol–water partition coefficient (Wildman–Crippen LogP) is 2.50. The molecule has 1 N–H and O–H groups in total. The van der Waals surface area contributed by atoms with Gasteiger partial charge in [-0.25, -0.2) is 0 Å².